The number of piperidine rings is 1. The molecule has 1 aromatic carbocycles. The molecule has 1 unspecified atom stereocenters. The van der Waals surface area contributed by atoms with Crippen LogP contribution in [0.4, 0.5) is 0 Å². The van der Waals surface area contributed by atoms with Crippen molar-refractivity contribution < 1.29 is 17.9 Å². The van der Waals surface area contributed by atoms with E-state index in [1.807, 2.05) is 20.8 Å². The van der Waals surface area contributed by atoms with Crippen molar-refractivity contribution in [2.75, 3.05) is 32.8 Å². The second-order valence-electron chi connectivity index (χ2n) is 6.54. The van der Waals surface area contributed by atoms with Crippen molar-refractivity contribution in [2.24, 2.45) is 0 Å². The van der Waals surface area contributed by atoms with E-state index >= 15 is 0 Å². The molecule has 0 bridgehead atoms. The van der Waals surface area contributed by atoms with Crippen molar-refractivity contribution in [3.8, 4) is 0 Å². The lowest BCUT2D eigenvalue weighted by Crippen LogP contribution is -2.43. The van der Waals surface area contributed by atoms with Crippen LogP contribution in [-0.4, -0.2) is 62.4 Å². The Morgan fingerprint density at radius 2 is 1.96 bits per heavy atom. The van der Waals surface area contributed by atoms with Crippen LogP contribution in [0.2, 0.25) is 0 Å². The summed E-state index contributed by atoms with van der Waals surface area (Å²) in [5.74, 6) is -0.134. The van der Waals surface area contributed by atoms with Crippen molar-refractivity contribution in [3.05, 3.63) is 29.3 Å². The van der Waals surface area contributed by atoms with E-state index in [0.717, 1.165) is 12.8 Å². The van der Waals surface area contributed by atoms with Crippen molar-refractivity contribution in [1.29, 1.82) is 0 Å². The van der Waals surface area contributed by atoms with E-state index in [1.54, 1.807) is 24.0 Å². The number of aryl methyl sites for hydroxylation is 1. The molecule has 1 amide bonds. The van der Waals surface area contributed by atoms with Crippen LogP contribution in [-0.2, 0) is 14.8 Å². The molecule has 1 aromatic rings. The number of nitrogens with zero attached hydrogens (tertiary/aromatic N) is 2. The Kier molecular flexibility index (Phi) is 7.20. The molecule has 0 saturated carbocycles. The highest BCUT2D eigenvalue weighted by Crippen LogP contribution is 2.23. The van der Waals surface area contributed by atoms with Gasteiger partial charge in [-0.1, -0.05) is 19.9 Å². The van der Waals surface area contributed by atoms with E-state index in [0.29, 0.717) is 43.9 Å². The van der Waals surface area contributed by atoms with Gasteiger partial charge in [0.2, 0.25) is 10.0 Å². The maximum absolute atomic E-state index is 12.9. The molecule has 1 fully saturated rings. The molecule has 146 valence electrons. The number of likely N-dealkylation sites (tertiary alicyclic amines) is 1. The van der Waals surface area contributed by atoms with Crippen LogP contribution in [0.1, 0.15) is 49.5 Å². The molecule has 0 N–H and O–H groups in total. The number of ether oxygens (including phenoxy) is 1. The van der Waals surface area contributed by atoms with Crippen LogP contribution in [0.5, 0.6) is 0 Å². The first-order valence-corrected chi connectivity index (χ1v) is 10.8. The molecule has 6 nitrogen and oxygen atoms in total. The van der Waals surface area contributed by atoms with Crippen LogP contribution >= 0.6 is 0 Å². The lowest BCUT2D eigenvalue weighted by Gasteiger charge is -2.32. The second kappa shape index (κ2) is 8.97. The van der Waals surface area contributed by atoms with Crippen molar-refractivity contribution in [2.45, 2.75) is 51.5 Å². The number of sulfonamides is 1. The minimum absolute atomic E-state index is 0.0574. The Bertz CT molecular complexity index is 727. The maximum Gasteiger partial charge on any atom is 0.253 e. The molecule has 2 rings (SSSR count). The topological polar surface area (TPSA) is 66.9 Å². The fraction of sp³-hybridized carbons (Fsp3) is 0.632. The van der Waals surface area contributed by atoms with Gasteiger partial charge in [-0.2, -0.15) is 4.31 Å². The SMILES string of the molecule is CCOC1CCCN(C(=O)c2ccc(C)c(S(=O)(=O)N(CC)CC)c2)C1. The molecule has 1 saturated heterocycles. The number of rotatable bonds is 7. The Labute approximate surface area is 157 Å². The summed E-state index contributed by atoms with van der Waals surface area (Å²) in [7, 11) is -3.60. The molecule has 0 radical (unpaired) electrons. The number of hydrogen-bond donors (Lipinski definition) is 0. The van der Waals surface area contributed by atoms with Gasteiger partial charge < -0.3 is 9.64 Å². The number of carbonyl (C=O) groups excluding carboxylic acids is 1. The Morgan fingerprint density at radius 3 is 2.58 bits per heavy atom. The van der Waals surface area contributed by atoms with Gasteiger partial charge in [-0.3, -0.25) is 4.79 Å². The zero-order valence-electron chi connectivity index (χ0n) is 16.2. The molecule has 26 heavy (non-hydrogen) atoms. The van der Waals surface area contributed by atoms with Gasteiger partial charge in [0.1, 0.15) is 0 Å². The van der Waals surface area contributed by atoms with Gasteiger partial charge in [0.15, 0.2) is 0 Å². The Balaban J connectivity index is 2.30. The molecule has 1 aliphatic heterocycles. The summed E-state index contributed by atoms with van der Waals surface area (Å²) in [5.41, 5.74) is 1.07. The van der Waals surface area contributed by atoms with Gasteiger partial charge in [0.25, 0.3) is 5.91 Å². The highest BCUT2D eigenvalue weighted by atomic mass is 32.2. The first kappa shape index (κ1) is 20.9. The average molecular weight is 383 g/mol. The van der Waals surface area contributed by atoms with E-state index in [4.69, 9.17) is 4.74 Å². The second-order valence-corrected chi connectivity index (χ2v) is 8.45. The van der Waals surface area contributed by atoms with Crippen LogP contribution in [0.25, 0.3) is 0 Å². The molecular weight excluding hydrogens is 352 g/mol. The monoisotopic (exact) mass is 382 g/mol. The Morgan fingerprint density at radius 1 is 1.27 bits per heavy atom. The summed E-state index contributed by atoms with van der Waals surface area (Å²) < 4.78 is 32.8. The predicted octanol–water partition coefficient (Wildman–Crippen LogP) is 2.67. The molecule has 7 heteroatoms. The third-order valence-corrected chi connectivity index (χ3v) is 7.02. The van der Waals surface area contributed by atoms with Crippen LogP contribution in [0.15, 0.2) is 23.1 Å². The summed E-state index contributed by atoms with van der Waals surface area (Å²) >= 11 is 0. The fourth-order valence-corrected chi connectivity index (χ4v) is 5.10. The van der Waals surface area contributed by atoms with Gasteiger partial charge in [-0.25, -0.2) is 8.42 Å². The third kappa shape index (κ3) is 4.45. The highest BCUT2D eigenvalue weighted by molar-refractivity contribution is 7.89. The van der Waals surface area contributed by atoms with Gasteiger partial charge in [0.05, 0.1) is 11.0 Å². The zero-order chi connectivity index (χ0) is 19.3. The van der Waals surface area contributed by atoms with Gasteiger partial charge in [-0.05, 0) is 44.4 Å². The van der Waals surface area contributed by atoms with Gasteiger partial charge >= 0.3 is 0 Å². The highest BCUT2D eigenvalue weighted by Gasteiger charge is 2.28. The largest absolute Gasteiger partial charge is 0.377 e. The number of carbonyl (C=O) groups is 1. The van der Waals surface area contributed by atoms with Crippen LogP contribution in [0, 0.1) is 6.92 Å². The fourth-order valence-electron chi connectivity index (χ4n) is 3.39. The van der Waals surface area contributed by atoms with E-state index in [2.05, 4.69) is 0 Å². The number of hydrogen-bond acceptors (Lipinski definition) is 4. The van der Waals surface area contributed by atoms with E-state index < -0.39 is 10.0 Å². The summed E-state index contributed by atoms with van der Waals surface area (Å²) in [5, 5.41) is 0. The summed E-state index contributed by atoms with van der Waals surface area (Å²) in [6.07, 6.45) is 1.90. The Hall–Kier alpha value is -1.44. The summed E-state index contributed by atoms with van der Waals surface area (Å²) in [6.45, 7) is 10.00. The van der Waals surface area contributed by atoms with Gasteiger partial charge in [0, 0.05) is 38.3 Å². The maximum atomic E-state index is 12.9. The quantitative estimate of drug-likeness (QED) is 0.727. The minimum Gasteiger partial charge on any atom is -0.377 e. The molecule has 0 spiro atoms. The molecule has 1 heterocycles. The number of benzene rings is 1. The summed E-state index contributed by atoms with van der Waals surface area (Å²) in [4.78, 5) is 14.9. The zero-order valence-corrected chi connectivity index (χ0v) is 17.0. The average Bonchev–Trinajstić information content (AvgIpc) is 2.62. The smallest absolute Gasteiger partial charge is 0.253 e. The molecule has 0 aromatic heterocycles. The van der Waals surface area contributed by atoms with Crippen molar-refractivity contribution in [3.63, 3.8) is 0 Å². The van der Waals surface area contributed by atoms with Crippen LogP contribution in [0.3, 0.4) is 0 Å². The standard InChI is InChI=1S/C19H30N2O4S/c1-5-21(6-2)26(23,24)18-13-16(11-10-15(18)4)19(22)20-12-8-9-17(14-20)25-7-3/h10-11,13,17H,5-9,12,14H2,1-4H3. The third-order valence-electron chi connectivity index (χ3n) is 4.83. The predicted molar refractivity (Wildman–Crippen MR) is 102 cm³/mol. The first-order chi connectivity index (χ1) is 12.3. The molecule has 0 aliphatic carbocycles. The number of amides is 1. The summed E-state index contributed by atoms with van der Waals surface area (Å²) in [6, 6.07) is 4.95. The first-order valence-electron chi connectivity index (χ1n) is 9.36. The van der Waals surface area contributed by atoms with E-state index in [9.17, 15) is 13.2 Å². The molecule has 1 aliphatic rings. The van der Waals surface area contributed by atoms with E-state index in [-0.39, 0.29) is 16.9 Å². The van der Waals surface area contributed by atoms with E-state index in [1.165, 1.54) is 10.4 Å². The molecule has 1 atom stereocenters. The lowest BCUT2D eigenvalue weighted by molar-refractivity contribution is 0.00723. The van der Waals surface area contributed by atoms with Crippen LogP contribution < -0.4 is 0 Å². The van der Waals surface area contributed by atoms with Gasteiger partial charge in [-0.15, -0.1) is 0 Å². The van der Waals surface area contributed by atoms with Crippen molar-refractivity contribution >= 4 is 15.9 Å². The normalized spacial score (nSPS) is 18.3. The molecular formula is C19H30N2O4S. The van der Waals surface area contributed by atoms with Crippen molar-refractivity contribution in [1.82, 2.24) is 9.21 Å². The lowest BCUT2D eigenvalue weighted by atomic mass is 10.1. The minimum atomic E-state index is -3.60.